The molecular weight excluding hydrogens is 252 g/mol. The molecule has 2 aliphatic heterocycles. The largest absolute Gasteiger partial charge is 0.481 e. The number of carbonyl (C=O) groups is 1. The Bertz CT molecular complexity index is 483. The van der Waals surface area contributed by atoms with E-state index in [-0.39, 0.29) is 5.92 Å². The van der Waals surface area contributed by atoms with Gasteiger partial charge in [-0.05, 0) is 44.0 Å². The van der Waals surface area contributed by atoms with Gasteiger partial charge in [-0.25, -0.2) is 0 Å². The first-order valence-corrected chi connectivity index (χ1v) is 7.55. The molecule has 2 heterocycles. The first-order valence-electron chi connectivity index (χ1n) is 7.55. The van der Waals surface area contributed by atoms with Crippen molar-refractivity contribution in [1.82, 2.24) is 4.90 Å². The van der Waals surface area contributed by atoms with Crippen LogP contribution in [0.4, 0.5) is 5.69 Å². The number of hydrogen-bond acceptors (Lipinski definition) is 3. The predicted octanol–water partition coefficient (Wildman–Crippen LogP) is 2.16. The van der Waals surface area contributed by atoms with Crippen LogP contribution < -0.4 is 4.90 Å². The second-order valence-electron chi connectivity index (χ2n) is 5.77. The summed E-state index contributed by atoms with van der Waals surface area (Å²) in [6, 6.07) is 7.98. The fourth-order valence-electron chi connectivity index (χ4n) is 3.39. The van der Waals surface area contributed by atoms with Crippen molar-refractivity contribution in [3.63, 3.8) is 0 Å². The number of para-hydroxylation sites is 1. The number of benzene rings is 1. The van der Waals surface area contributed by atoms with Crippen LogP contribution in [0.2, 0.25) is 0 Å². The molecule has 1 unspecified atom stereocenters. The summed E-state index contributed by atoms with van der Waals surface area (Å²) >= 11 is 0. The number of anilines is 1. The molecule has 0 bridgehead atoms. The molecular formula is C16H22N2O2. The van der Waals surface area contributed by atoms with Gasteiger partial charge < -0.3 is 14.9 Å². The summed E-state index contributed by atoms with van der Waals surface area (Å²) in [6.07, 6.45) is 3.35. The number of carboxylic acids is 1. The lowest BCUT2D eigenvalue weighted by molar-refractivity contribution is -0.139. The number of rotatable bonds is 4. The number of aliphatic carboxylic acids is 1. The van der Waals surface area contributed by atoms with Crippen molar-refractivity contribution < 1.29 is 9.90 Å². The fourth-order valence-corrected chi connectivity index (χ4v) is 3.39. The van der Waals surface area contributed by atoms with E-state index in [9.17, 15) is 9.90 Å². The van der Waals surface area contributed by atoms with Gasteiger partial charge in [0.05, 0.1) is 5.92 Å². The van der Waals surface area contributed by atoms with Gasteiger partial charge in [0.25, 0.3) is 0 Å². The highest BCUT2D eigenvalue weighted by Crippen LogP contribution is 2.35. The normalized spacial score (nSPS) is 22.8. The van der Waals surface area contributed by atoms with E-state index in [0.717, 1.165) is 30.9 Å². The Labute approximate surface area is 120 Å². The fraction of sp³-hybridized carbons (Fsp3) is 0.562. The Morgan fingerprint density at radius 2 is 1.90 bits per heavy atom. The van der Waals surface area contributed by atoms with Crippen LogP contribution >= 0.6 is 0 Å². The molecule has 0 radical (unpaired) electrons. The zero-order valence-electron chi connectivity index (χ0n) is 11.8. The van der Waals surface area contributed by atoms with Gasteiger partial charge in [0.2, 0.25) is 0 Å². The van der Waals surface area contributed by atoms with Gasteiger partial charge in [-0.15, -0.1) is 0 Å². The summed E-state index contributed by atoms with van der Waals surface area (Å²) in [6.45, 7) is 5.37. The van der Waals surface area contributed by atoms with Crippen LogP contribution in [-0.4, -0.2) is 48.7 Å². The minimum atomic E-state index is -0.698. The monoisotopic (exact) mass is 274 g/mol. The lowest BCUT2D eigenvalue weighted by atomic mass is 9.90. The van der Waals surface area contributed by atoms with Gasteiger partial charge >= 0.3 is 5.97 Å². The summed E-state index contributed by atoms with van der Waals surface area (Å²) in [5, 5.41) is 9.35. The lowest BCUT2D eigenvalue weighted by Crippen LogP contribution is -2.38. The first kappa shape index (κ1) is 13.4. The quantitative estimate of drug-likeness (QED) is 0.914. The highest BCUT2D eigenvalue weighted by Gasteiger charge is 2.29. The Morgan fingerprint density at radius 3 is 2.65 bits per heavy atom. The average Bonchev–Trinajstić information content (AvgIpc) is 2.97. The number of likely N-dealkylation sites (tertiary alicyclic amines) is 1. The second kappa shape index (κ2) is 5.83. The number of carboxylic acid groups (broad SMARTS) is 1. The average molecular weight is 274 g/mol. The molecule has 0 aliphatic carbocycles. The molecule has 1 aromatic carbocycles. The predicted molar refractivity (Wildman–Crippen MR) is 79.3 cm³/mol. The van der Waals surface area contributed by atoms with Crippen molar-refractivity contribution in [2.75, 3.05) is 37.6 Å². The molecule has 0 spiro atoms. The van der Waals surface area contributed by atoms with Gasteiger partial charge in [0.15, 0.2) is 0 Å². The highest BCUT2D eigenvalue weighted by molar-refractivity contribution is 5.80. The summed E-state index contributed by atoms with van der Waals surface area (Å²) in [5.74, 6) is -1.04. The van der Waals surface area contributed by atoms with Crippen LogP contribution in [0.5, 0.6) is 0 Å². The Kier molecular flexibility index (Phi) is 3.92. The zero-order valence-corrected chi connectivity index (χ0v) is 11.8. The van der Waals surface area contributed by atoms with E-state index in [2.05, 4.69) is 15.9 Å². The van der Waals surface area contributed by atoms with Gasteiger partial charge in [0, 0.05) is 25.3 Å². The number of nitrogens with zero attached hydrogens (tertiary/aromatic N) is 2. The summed E-state index contributed by atoms with van der Waals surface area (Å²) < 4.78 is 0. The van der Waals surface area contributed by atoms with Crippen molar-refractivity contribution >= 4 is 11.7 Å². The highest BCUT2D eigenvalue weighted by atomic mass is 16.4. The Balaban J connectivity index is 1.72. The molecule has 4 nitrogen and oxygen atoms in total. The van der Waals surface area contributed by atoms with E-state index >= 15 is 0 Å². The molecule has 0 amide bonds. The molecule has 1 aromatic rings. The maximum atomic E-state index is 11.4. The topological polar surface area (TPSA) is 43.8 Å². The molecule has 1 atom stereocenters. The zero-order chi connectivity index (χ0) is 13.9. The minimum absolute atomic E-state index is 0.339. The van der Waals surface area contributed by atoms with E-state index in [4.69, 9.17) is 0 Å². The van der Waals surface area contributed by atoms with Crippen molar-refractivity contribution in [3.05, 3.63) is 29.8 Å². The van der Waals surface area contributed by atoms with Crippen LogP contribution in [0.1, 0.15) is 30.7 Å². The molecule has 1 fully saturated rings. The molecule has 3 rings (SSSR count). The van der Waals surface area contributed by atoms with Crippen LogP contribution in [0, 0.1) is 0 Å². The third kappa shape index (κ3) is 2.66. The second-order valence-corrected chi connectivity index (χ2v) is 5.77. The molecule has 108 valence electrons. The van der Waals surface area contributed by atoms with Crippen molar-refractivity contribution in [2.24, 2.45) is 0 Å². The third-order valence-electron chi connectivity index (χ3n) is 4.52. The molecule has 2 aliphatic rings. The standard InChI is InChI=1S/C16H22N2O2/c19-16(20)14-7-10-18(12-11-17-8-3-4-9-17)15-6-2-1-5-13(14)15/h1-2,5-6,14H,3-4,7-12H2,(H,19,20). The van der Waals surface area contributed by atoms with E-state index in [1.54, 1.807) is 0 Å². The van der Waals surface area contributed by atoms with E-state index < -0.39 is 5.97 Å². The van der Waals surface area contributed by atoms with E-state index in [1.807, 2.05) is 18.2 Å². The smallest absolute Gasteiger partial charge is 0.311 e. The molecule has 0 aromatic heterocycles. The van der Waals surface area contributed by atoms with Crippen molar-refractivity contribution in [2.45, 2.75) is 25.2 Å². The molecule has 20 heavy (non-hydrogen) atoms. The molecule has 1 N–H and O–H groups in total. The van der Waals surface area contributed by atoms with Gasteiger partial charge in [-0.3, -0.25) is 4.79 Å². The first-order chi connectivity index (χ1) is 9.75. The SMILES string of the molecule is O=C(O)C1CCN(CCN2CCCC2)c2ccccc21. The van der Waals surface area contributed by atoms with E-state index in [0.29, 0.717) is 6.42 Å². The Hall–Kier alpha value is -1.55. The Morgan fingerprint density at radius 1 is 1.15 bits per heavy atom. The van der Waals surface area contributed by atoms with E-state index in [1.165, 1.54) is 25.9 Å². The lowest BCUT2D eigenvalue weighted by Gasteiger charge is -2.35. The van der Waals surface area contributed by atoms with Crippen LogP contribution in [0.3, 0.4) is 0 Å². The number of hydrogen-bond donors (Lipinski definition) is 1. The van der Waals surface area contributed by atoms with Gasteiger partial charge in [0.1, 0.15) is 0 Å². The van der Waals surface area contributed by atoms with Crippen LogP contribution in [0.15, 0.2) is 24.3 Å². The number of fused-ring (bicyclic) bond motifs is 1. The molecule has 1 saturated heterocycles. The van der Waals surface area contributed by atoms with Crippen molar-refractivity contribution in [3.8, 4) is 0 Å². The minimum Gasteiger partial charge on any atom is -0.481 e. The van der Waals surface area contributed by atoms with Gasteiger partial charge in [-0.2, -0.15) is 0 Å². The summed E-state index contributed by atoms with van der Waals surface area (Å²) in [4.78, 5) is 16.2. The summed E-state index contributed by atoms with van der Waals surface area (Å²) in [7, 11) is 0. The maximum Gasteiger partial charge on any atom is 0.311 e. The molecule has 0 saturated carbocycles. The molecule has 4 heteroatoms. The maximum absolute atomic E-state index is 11.4. The van der Waals surface area contributed by atoms with Crippen molar-refractivity contribution in [1.29, 1.82) is 0 Å². The van der Waals surface area contributed by atoms with Gasteiger partial charge in [-0.1, -0.05) is 18.2 Å². The van der Waals surface area contributed by atoms with Crippen LogP contribution in [0.25, 0.3) is 0 Å². The summed E-state index contributed by atoms with van der Waals surface area (Å²) in [5.41, 5.74) is 2.10. The van der Waals surface area contributed by atoms with Crippen LogP contribution in [-0.2, 0) is 4.79 Å². The third-order valence-corrected chi connectivity index (χ3v) is 4.52.